The van der Waals surface area contributed by atoms with Crippen LogP contribution in [0.2, 0.25) is 0 Å². The number of carbonyl (C=O) groups is 1. The number of halogens is 3. The van der Waals surface area contributed by atoms with Crippen molar-refractivity contribution in [2.24, 2.45) is 0 Å². The Bertz CT molecular complexity index is 1600. The van der Waals surface area contributed by atoms with Crippen LogP contribution >= 0.6 is 0 Å². The van der Waals surface area contributed by atoms with Gasteiger partial charge < -0.3 is 9.29 Å². The third-order valence-corrected chi connectivity index (χ3v) is 7.52. The Morgan fingerprint density at radius 1 is 1.25 bits per heavy atom. The van der Waals surface area contributed by atoms with Crippen LogP contribution in [0.4, 0.5) is 24.8 Å². The standard InChI is InChI=1S/C26H24F3N5O5S/c1-15(40(37)38)11-12-32-25(36)34-22(18-9-7-17(14-30)8-10-18)21(23(35)39-3)16(2)33(24(34)31-32)20-6-4-5-19(13-20)26(27,28)29/h4-10,13,15,22H,11-12H2,1-3H3,(H,37,38). The zero-order chi connectivity index (χ0) is 29.4. The quantitative estimate of drug-likeness (QED) is 0.329. The number of nitriles is 1. The number of hydrogen-bond acceptors (Lipinski definition) is 7. The van der Waals surface area contributed by atoms with Gasteiger partial charge in [-0.25, -0.2) is 23.0 Å². The van der Waals surface area contributed by atoms with Crippen molar-refractivity contribution in [1.82, 2.24) is 14.3 Å². The van der Waals surface area contributed by atoms with E-state index >= 15 is 0 Å². The predicted octanol–water partition coefficient (Wildman–Crippen LogP) is 4.12. The number of ether oxygens (including phenoxy) is 1. The van der Waals surface area contributed by atoms with E-state index in [-0.39, 0.29) is 35.9 Å². The number of carbonyl (C=O) groups excluding carboxylic acids is 1. The van der Waals surface area contributed by atoms with E-state index in [9.17, 15) is 36.8 Å². The fourth-order valence-corrected chi connectivity index (χ4v) is 4.80. The van der Waals surface area contributed by atoms with E-state index in [1.807, 2.05) is 6.07 Å². The zero-order valence-corrected chi connectivity index (χ0v) is 22.4. The average molecular weight is 576 g/mol. The molecule has 10 nitrogen and oxygen atoms in total. The van der Waals surface area contributed by atoms with Crippen molar-refractivity contribution in [1.29, 1.82) is 5.26 Å². The van der Waals surface area contributed by atoms with Crippen LogP contribution in [0.1, 0.15) is 43.0 Å². The minimum absolute atomic E-state index is 0.00441. The van der Waals surface area contributed by atoms with Crippen molar-refractivity contribution >= 4 is 28.7 Å². The lowest BCUT2D eigenvalue weighted by molar-refractivity contribution is -0.138. The minimum atomic E-state index is -4.66. The first kappa shape index (κ1) is 28.8. The molecule has 0 saturated carbocycles. The van der Waals surface area contributed by atoms with Crippen molar-refractivity contribution in [3.8, 4) is 6.07 Å². The Hall–Kier alpha value is -4.22. The molecular formula is C26H24F3N5O5S. The highest BCUT2D eigenvalue weighted by Gasteiger charge is 2.41. The molecule has 3 unspecified atom stereocenters. The molecule has 0 saturated heterocycles. The summed E-state index contributed by atoms with van der Waals surface area (Å²) in [5.41, 5.74) is -0.742. The fourth-order valence-electron chi connectivity index (χ4n) is 4.49. The van der Waals surface area contributed by atoms with Crippen molar-refractivity contribution in [3.05, 3.63) is 87.0 Å². The summed E-state index contributed by atoms with van der Waals surface area (Å²) < 4.78 is 68.9. The van der Waals surface area contributed by atoms with Crippen molar-refractivity contribution < 1.29 is 31.5 Å². The summed E-state index contributed by atoms with van der Waals surface area (Å²) in [6.45, 7) is 2.95. The van der Waals surface area contributed by atoms with Crippen molar-refractivity contribution in [3.63, 3.8) is 0 Å². The number of fused-ring (bicyclic) bond motifs is 1. The highest BCUT2D eigenvalue weighted by molar-refractivity contribution is 7.79. The van der Waals surface area contributed by atoms with E-state index < -0.39 is 45.8 Å². The van der Waals surface area contributed by atoms with Crippen LogP contribution in [0.3, 0.4) is 0 Å². The van der Waals surface area contributed by atoms with Crippen LogP contribution in [0.25, 0.3) is 0 Å². The van der Waals surface area contributed by atoms with Gasteiger partial charge in [-0.3, -0.25) is 4.90 Å². The summed E-state index contributed by atoms with van der Waals surface area (Å²) in [7, 11) is 1.14. The molecule has 0 bridgehead atoms. The summed E-state index contributed by atoms with van der Waals surface area (Å²) in [4.78, 5) is 28.2. The number of benzene rings is 2. The molecule has 4 rings (SSSR count). The first-order valence-corrected chi connectivity index (χ1v) is 13.1. The van der Waals surface area contributed by atoms with E-state index in [2.05, 4.69) is 5.10 Å². The number of allylic oxidation sites excluding steroid dienone is 1. The number of aromatic nitrogens is 3. The molecule has 0 aliphatic carbocycles. The minimum Gasteiger partial charge on any atom is -0.466 e. The van der Waals surface area contributed by atoms with E-state index in [4.69, 9.17) is 4.74 Å². The maximum Gasteiger partial charge on any atom is 0.416 e. The van der Waals surface area contributed by atoms with E-state index in [1.165, 1.54) is 47.6 Å². The molecule has 40 heavy (non-hydrogen) atoms. The normalized spacial score (nSPS) is 16.8. The predicted molar refractivity (Wildman–Crippen MR) is 139 cm³/mol. The number of aryl methyl sites for hydroxylation is 1. The van der Waals surface area contributed by atoms with Crippen LogP contribution < -0.4 is 10.6 Å². The number of anilines is 2. The second-order valence-electron chi connectivity index (χ2n) is 9.06. The first-order valence-electron chi connectivity index (χ1n) is 11.9. The Morgan fingerprint density at radius 3 is 2.50 bits per heavy atom. The summed E-state index contributed by atoms with van der Waals surface area (Å²) in [5.74, 6) is -0.889. The van der Waals surface area contributed by atoms with Gasteiger partial charge in [0.15, 0.2) is 11.1 Å². The molecule has 2 heterocycles. The van der Waals surface area contributed by atoms with E-state index in [0.29, 0.717) is 11.1 Å². The van der Waals surface area contributed by atoms with Crippen LogP contribution in [0.5, 0.6) is 0 Å². The highest BCUT2D eigenvalue weighted by atomic mass is 32.2. The molecule has 2 aromatic carbocycles. The highest BCUT2D eigenvalue weighted by Crippen LogP contribution is 2.43. The molecule has 1 N–H and O–H groups in total. The lowest BCUT2D eigenvalue weighted by Gasteiger charge is -2.35. The molecular weight excluding hydrogens is 551 g/mol. The molecule has 0 spiro atoms. The van der Waals surface area contributed by atoms with Crippen LogP contribution in [-0.4, -0.2) is 41.4 Å². The molecule has 1 aromatic heterocycles. The van der Waals surface area contributed by atoms with Gasteiger partial charge in [0, 0.05) is 17.9 Å². The monoisotopic (exact) mass is 575 g/mol. The Labute approximate surface area is 229 Å². The average Bonchev–Trinajstić information content (AvgIpc) is 3.25. The largest absolute Gasteiger partial charge is 0.466 e. The number of hydrogen-bond donors (Lipinski definition) is 1. The Kier molecular flexibility index (Phi) is 7.99. The SMILES string of the molecule is COC(=O)C1=C(C)N(c2cccc(C(F)(F)F)c2)c2nn(CCC(C)S(=O)O)c(=O)n2C1c1ccc(C#N)cc1. The second kappa shape index (κ2) is 11.1. The Morgan fingerprint density at radius 2 is 1.93 bits per heavy atom. The van der Waals surface area contributed by atoms with Gasteiger partial charge in [0.25, 0.3) is 0 Å². The van der Waals surface area contributed by atoms with Crippen LogP contribution in [0, 0.1) is 11.3 Å². The molecule has 0 fully saturated rings. The summed E-state index contributed by atoms with van der Waals surface area (Å²) in [6.07, 6.45) is -4.56. The van der Waals surface area contributed by atoms with Gasteiger partial charge in [0.05, 0.1) is 35.1 Å². The van der Waals surface area contributed by atoms with Crippen LogP contribution in [0.15, 0.2) is 64.6 Å². The number of rotatable bonds is 7. The maximum absolute atomic E-state index is 13.8. The number of alkyl halides is 3. The third kappa shape index (κ3) is 5.30. The van der Waals surface area contributed by atoms with E-state index in [0.717, 1.165) is 23.9 Å². The molecule has 3 atom stereocenters. The molecule has 210 valence electrons. The third-order valence-electron chi connectivity index (χ3n) is 6.59. The van der Waals surface area contributed by atoms with Gasteiger partial charge in [-0.15, -0.1) is 5.10 Å². The zero-order valence-electron chi connectivity index (χ0n) is 21.5. The van der Waals surface area contributed by atoms with E-state index in [1.54, 1.807) is 12.1 Å². The molecule has 0 radical (unpaired) electrons. The van der Waals surface area contributed by atoms with Gasteiger partial charge in [0.2, 0.25) is 5.95 Å². The lowest BCUT2D eigenvalue weighted by atomic mass is 9.93. The molecule has 0 amide bonds. The molecule has 14 heteroatoms. The topological polar surface area (TPSA) is 130 Å². The molecule has 3 aromatic rings. The summed E-state index contributed by atoms with van der Waals surface area (Å²) in [6, 6.07) is 11.4. The lowest BCUT2D eigenvalue weighted by Crippen LogP contribution is -2.38. The molecule has 1 aliphatic rings. The number of esters is 1. The van der Waals surface area contributed by atoms with Gasteiger partial charge in [-0.2, -0.15) is 18.4 Å². The summed E-state index contributed by atoms with van der Waals surface area (Å²) in [5, 5.41) is 12.9. The second-order valence-corrected chi connectivity index (χ2v) is 10.4. The van der Waals surface area contributed by atoms with Gasteiger partial charge in [-0.05, 0) is 56.2 Å². The summed E-state index contributed by atoms with van der Waals surface area (Å²) >= 11 is -2.15. The molecule has 1 aliphatic heterocycles. The Balaban J connectivity index is 2.00. The first-order chi connectivity index (χ1) is 18.9. The van der Waals surface area contributed by atoms with Crippen LogP contribution in [-0.2, 0) is 33.3 Å². The fraction of sp³-hybridized carbons (Fsp3) is 0.308. The smallest absolute Gasteiger partial charge is 0.416 e. The van der Waals surface area contributed by atoms with Crippen molar-refractivity contribution in [2.45, 2.75) is 44.3 Å². The van der Waals surface area contributed by atoms with Gasteiger partial charge >= 0.3 is 17.8 Å². The van der Waals surface area contributed by atoms with Crippen molar-refractivity contribution in [2.75, 3.05) is 12.0 Å². The number of nitrogens with zero attached hydrogens (tertiary/aromatic N) is 5. The number of methoxy groups -OCH3 is 1. The van der Waals surface area contributed by atoms with Gasteiger partial charge in [0.1, 0.15) is 6.04 Å². The van der Waals surface area contributed by atoms with Gasteiger partial charge in [-0.1, -0.05) is 18.2 Å². The maximum atomic E-state index is 13.8.